The number of aliphatic hydroxyl groups excluding tert-OH is 1. The van der Waals surface area contributed by atoms with Crippen molar-refractivity contribution in [3.63, 3.8) is 0 Å². The molecule has 1 aliphatic heterocycles. The summed E-state index contributed by atoms with van der Waals surface area (Å²) in [6, 6.07) is 4.53. The molecule has 1 aromatic carbocycles. The zero-order valence-electron chi connectivity index (χ0n) is 8.74. The Labute approximate surface area is 95.5 Å². The number of amides is 1. The molecule has 0 aromatic heterocycles. The molecule has 17 heavy (non-hydrogen) atoms. The summed E-state index contributed by atoms with van der Waals surface area (Å²) in [6.45, 7) is 0.237. The lowest BCUT2D eigenvalue weighted by Crippen LogP contribution is -2.29. The number of nitrogens with zero attached hydrogens (tertiary/aromatic N) is 1. The lowest BCUT2D eigenvalue weighted by atomic mass is 10.2. The number of halogens is 3. The number of aliphatic hydroxyl groups is 1. The predicted octanol–water partition coefficient (Wildman–Crippen LogP) is 1.80. The average Bonchev–Trinajstić information content (AvgIpc) is 2.59. The van der Waals surface area contributed by atoms with Gasteiger partial charge in [0.15, 0.2) is 0 Å². The van der Waals surface area contributed by atoms with E-state index < -0.39 is 23.8 Å². The van der Waals surface area contributed by atoms with Crippen LogP contribution in [0.4, 0.5) is 18.9 Å². The number of carbonyl (C=O) groups excluding carboxylic acids is 1. The van der Waals surface area contributed by atoms with E-state index in [1.165, 1.54) is 17.0 Å². The molecule has 2 rings (SSSR count). The summed E-state index contributed by atoms with van der Waals surface area (Å²) in [5.74, 6) is -0.552. The molecule has 1 fully saturated rings. The molecule has 0 saturated carbocycles. The third-order valence-corrected chi connectivity index (χ3v) is 2.66. The van der Waals surface area contributed by atoms with Gasteiger partial charge in [0, 0.05) is 18.7 Å². The highest BCUT2D eigenvalue weighted by molar-refractivity contribution is 5.98. The minimum absolute atomic E-state index is 0.168. The van der Waals surface area contributed by atoms with Crippen molar-refractivity contribution in [1.29, 1.82) is 0 Å². The average molecular weight is 245 g/mol. The first-order chi connectivity index (χ1) is 7.89. The molecule has 0 spiro atoms. The van der Waals surface area contributed by atoms with Gasteiger partial charge in [0.2, 0.25) is 0 Å². The molecule has 0 bridgehead atoms. The van der Waals surface area contributed by atoms with Crippen LogP contribution in [0.25, 0.3) is 0 Å². The van der Waals surface area contributed by atoms with Gasteiger partial charge in [-0.3, -0.25) is 4.79 Å². The predicted molar refractivity (Wildman–Crippen MR) is 54.4 cm³/mol. The largest absolute Gasteiger partial charge is 0.416 e. The Morgan fingerprint density at radius 3 is 2.59 bits per heavy atom. The first-order valence-corrected chi connectivity index (χ1v) is 5.06. The van der Waals surface area contributed by atoms with Gasteiger partial charge in [-0.05, 0) is 18.2 Å². The fourth-order valence-electron chi connectivity index (χ4n) is 1.77. The molecule has 1 unspecified atom stereocenters. The van der Waals surface area contributed by atoms with E-state index in [4.69, 9.17) is 0 Å². The minimum Gasteiger partial charge on any atom is -0.383 e. The molecular weight excluding hydrogens is 235 g/mol. The van der Waals surface area contributed by atoms with Crippen LogP contribution in [0.2, 0.25) is 0 Å². The first kappa shape index (κ1) is 11.9. The molecule has 1 atom stereocenters. The Hall–Kier alpha value is -1.56. The molecule has 1 aliphatic rings. The van der Waals surface area contributed by atoms with E-state index in [2.05, 4.69) is 0 Å². The molecule has 92 valence electrons. The topological polar surface area (TPSA) is 40.5 Å². The number of hydrogen-bond donors (Lipinski definition) is 1. The Balaban J connectivity index is 2.31. The van der Waals surface area contributed by atoms with Crippen molar-refractivity contribution in [3.8, 4) is 0 Å². The zero-order chi connectivity index (χ0) is 12.6. The van der Waals surface area contributed by atoms with Crippen LogP contribution < -0.4 is 4.90 Å². The zero-order valence-corrected chi connectivity index (χ0v) is 8.74. The SMILES string of the molecule is O=C1C(O)CCN1c1cccc(C(F)(F)F)c1. The van der Waals surface area contributed by atoms with Gasteiger partial charge in [0.05, 0.1) is 5.56 Å². The van der Waals surface area contributed by atoms with E-state index in [1.54, 1.807) is 0 Å². The monoisotopic (exact) mass is 245 g/mol. The lowest BCUT2D eigenvalue weighted by Gasteiger charge is -2.17. The van der Waals surface area contributed by atoms with Gasteiger partial charge < -0.3 is 10.0 Å². The van der Waals surface area contributed by atoms with E-state index >= 15 is 0 Å². The van der Waals surface area contributed by atoms with Crippen LogP contribution in [0, 0.1) is 0 Å². The maximum atomic E-state index is 12.5. The minimum atomic E-state index is -4.43. The van der Waals surface area contributed by atoms with Gasteiger partial charge in [-0.15, -0.1) is 0 Å². The second kappa shape index (κ2) is 4.03. The maximum Gasteiger partial charge on any atom is 0.416 e. The fraction of sp³-hybridized carbons (Fsp3) is 0.364. The van der Waals surface area contributed by atoms with Crippen molar-refractivity contribution in [2.24, 2.45) is 0 Å². The molecule has 1 aromatic rings. The summed E-state index contributed by atoms with van der Waals surface area (Å²) < 4.78 is 37.4. The molecule has 6 heteroatoms. The number of alkyl halides is 3. The van der Waals surface area contributed by atoms with Gasteiger partial charge >= 0.3 is 6.18 Å². The summed E-state index contributed by atoms with van der Waals surface area (Å²) in [4.78, 5) is 12.6. The van der Waals surface area contributed by atoms with Crippen LogP contribution in [0.15, 0.2) is 24.3 Å². The molecule has 1 N–H and O–H groups in total. The maximum absolute atomic E-state index is 12.5. The number of rotatable bonds is 1. The molecule has 3 nitrogen and oxygen atoms in total. The Kier molecular flexibility index (Phi) is 2.82. The van der Waals surface area contributed by atoms with Gasteiger partial charge in [0.25, 0.3) is 5.91 Å². The molecule has 1 heterocycles. The number of anilines is 1. The van der Waals surface area contributed by atoms with Crippen molar-refractivity contribution in [2.45, 2.75) is 18.7 Å². The van der Waals surface area contributed by atoms with Crippen molar-refractivity contribution in [2.75, 3.05) is 11.4 Å². The van der Waals surface area contributed by atoms with Crippen molar-refractivity contribution in [1.82, 2.24) is 0 Å². The van der Waals surface area contributed by atoms with Crippen LogP contribution >= 0.6 is 0 Å². The van der Waals surface area contributed by atoms with Gasteiger partial charge in [-0.1, -0.05) is 6.07 Å². The van der Waals surface area contributed by atoms with E-state index in [-0.39, 0.29) is 18.7 Å². The van der Waals surface area contributed by atoms with Crippen LogP contribution in [-0.2, 0) is 11.0 Å². The Morgan fingerprint density at radius 1 is 1.35 bits per heavy atom. The second-order valence-corrected chi connectivity index (χ2v) is 3.84. The van der Waals surface area contributed by atoms with Gasteiger partial charge in [0.1, 0.15) is 6.10 Å². The van der Waals surface area contributed by atoms with Crippen LogP contribution in [0.5, 0.6) is 0 Å². The quantitative estimate of drug-likeness (QED) is 0.819. The summed E-state index contributed by atoms with van der Waals surface area (Å²) in [6.07, 6.45) is -5.29. The van der Waals surface area contributed by atoms with Crippen molar-refractivity contribution in [3.05, 3.63) is 29.8 Å². The van der Waals surface area contributed by atoms with Crippen LogP contribution in [-0.4, -0.2) is 23.7 Å². The molecule has 0 aliphatic carbocycles. The fourth-order valence-corrected chi connectivity index (χ4v) is 1.77. The summed E-state index contributed by atoms with van der Waals surface area (Å²) in [5, 5.41) is 9.25. The van der Waals surface area contributed by atoms with Gasteiger partial charge in [-0.25, -0.2) is 0 Å². The highest BCUT2D eigenvalue weighted by Gasteiger charge is 2.34. The highest BCUT2D eigenvalue weighted by Crippen LogP contribution is 2.32. The van der Waals surface area contributed by atoms with Crippen LogP contribution in [0.1, 0.15) is 12.0 Å². The number of benzene rings is 1. The second-order valence-electron chi connectivity index (χ2n) is 3.84. The molecule has 1 amide bonds. The number of carbonyl (C=O) groups is 1. The smallest absolute Gasteiger partial charge is 0.383 e. The highest BCUT2D eigenvalue weighted by atomic mass is 19.4. The van der Waals surface area contributed by atoms with Crippen LogP contribution in [0.3, 0.4) is 0 Å². The summed E-state index contributed by atoms with van der Waals surface area (Å²) >= 11 is 0. The molecule has 0 radical (unpaired) electrons. The van der Waals surface area contributed by atoms with E-state index in [0.29, 0.717) is 0 Å². The molecular formula is C11H10F3NO2. The van der Waals surface area contributed by atoms with E-state index in [0.717, 1.165) is 12.1 Å². The third kappa shape index (κ3) is 2.26. The standard InChI is InChI=1S/C11H10F3NO2/c12-11(13,14)7-2-1-3-8(6-7)15-5-4-9(16)10(15)17/h1-3,6,9,16H,4-5H2. The third-order valence-electron chi connectivity index (χ3n) is 2.66. The Morgan fingerprint density at radius 2 is 2.06 bits per heavy atom. The van der Waals surface area contributed by atoms with Crippen molar-refractivity contribution >= 4 is 11.6 Å². The summed E-state index contributed by atoms with van der Waals surface area (Å²) in [5.41, 5.74) is -0.634. The summed E-state index contributed by atoms with van der Waals surface area (Å²) in [7, 11) is 0. The Bertz CT molecular complexity index is 445. The normalized spacial score (nSPS) is 21.1. The van der Waals surface area contributed by atoms with E-state index in [1.807, 2.05) is 0 Å². The number of hydrogen-bond acceptors (Lipinski definition) is 2. The van der Waals surface area contributed by atoms with E-state index in [9.17, 15) is 23.1 Å². The van der Waals surface area contributed by atoms with Gasteiger partial charge in [-0.2, -0.15) is 13.2 Å². The lowest BCUT2D eigenvalue weighted by molar-refractivity contribution is -0.137. The van der Waals surface area contributed by atoms with Crippen molar-refractivity contribution < 1.29 is 23.1 Å². The molecule has 1 saturated heterocycles. The first-order valence-electron chi connectivity index (χ1n) is 5.06.